The lowest BCUT2D eigenvalue weighted by Crippen LogP contribution is -2.52. The number of benzene rings is 1. The molecule has 0 radical (unpaired) electrons. The molecule has 0 amide bonds. The minimum absolute atomic E-state index is 0.146. The van der Waals surface area contributed by atoms with Gasteiger partial charge in [0.05, 0.1) is 7.11 Å². The zero-order chi connectivity index (χ0) is 14.0. The molecule has 1 fully saturated rings. The Balaban J connectivity index is 2.04. The Labute approximate surface area is 115 Å². The second-order valence-corrected chi connectivity index (χ2v) is 6.10. The Morgan fingerprint density at radius 2 is 2.21 bits per heavy atom. The van der Waals surface area contributed by atoms with Crippen molar-refractivity contribution in [2.75, 3.05) is 20.2 Å². The third kappa shape index (κ3) is 3.19. The largest absolute Gasteiger partial charge is 0.504 e. The summed E-state index contributed by atoms with van der Waals surface area (Å²) in [7, 11) is 1.56. The molecule has 1 aliphatic rings. The van der Waals surface area contributed by atoms with Crippen LogP contribution in [-0.4, -0.2) is 36.2 Å². The van der Waals surface area contributed by atoms with E-state index in [1.807, 2.05) is 12.1 Å². The number of phenolic OH excluding ortho intramolecular Hbond substituents is 1. The topological polar surface area (TPSA) is 58.7 Å². The zero-order valence-corrected chi connectivity index (χ0v) is 12.0. The van der Waals surface area contributed by atoms with Gasteiger partial charge in [-0.1, -0.05) is 19.9 Å². The van der Waals surface area contributed by atoms with Crippen molar-refractivity contribution in [2.45, 2.75) is 32.9 Å². The Morgan fingerprint density at radius 1 is 1.47 bits per heavy atom. The minimum Gasteiger partial charge on any atom is -0.504 e. The number of rotatable bonds is 3. The summed E-state index contributed by atoms with van der Waals surface area (Å²) in [5.74, 6) is 0.720. The first-order valence-electron chi connectivity index (χ1n) is 6.76. The number of hydrogen-bond donors (Lipinski definition) is 2. The van der Waals surface area contributed by atoms with Gasteiger partial charge >= 0.3 is 0 Å². The van der Waals surface area contributed by atoms with Crippen LogP contribution in [0, 0.1) is 5.41 Å². The number of ether oxygens (including phenoxy) is 1. The first-order valence-corrected chi connectivity index (χ1v) is 6.76. The first kappa shape index (κ1) is 14.2. The number of piperidine rings is 1. The molecule has 106 valence electrons. The molecule has 1 saturated heterocycles. The lowest BCUT2D eigenvalue weighted by Gasteiger charge is -2.42. The maximum atomic E-state index is 9.80. The van der Waals surface area contributed by atoms with Gasteiger partial charge in [-0.3, -0.25) is 4.90 Å². The number of nitrogens with zero attached hydrogens (tertiary/aromatic N) is 1. The molecule has 0 aromatic heterocycles. The summed E-state index contributed by atoms with van der Waals surface area (Å²) in [6, 6.07) is 5.86. The van der Waals surface area contributed by atoms with Gasteiger partial charge in [0.2, 0.25) is 0 Å². The molecule has 1 unspecified atom stereocenters. The van der Waals surface area contributed by atoms with E-state index in [1.165, 1.54) is 0 Å². The standard InChI is InChI=1S/C15H24N2O2/c1-15(2)10-17(7-6-14(15)16)9-11-4-5-13(19-3)12(18)8-11/h4-5,8,14,18H,6-7,9-10,16H2,1-3H3. The van der Waals surface area contributed by atoms with E-state index in [0.29, 0.717) is 5.75 Å². The van der Waals surface area contributed by atoms with Crippen molar-refractivity contribution >= 4 is 0 Å². The SMILES string of the molecule is COc1ccc(CN2CCC(N)C(C)(C)C2)cc1O. The average molecular weight is 264 g/mol. The molecule has 2 rings (SSSR count). The van der Waals surface area contributed by atoms with Crippen LogP contribution in [0.25, 0.3) is 0 Å². The second kappa shape index (κ2) is 5.39. The molecular formula is C15H24N2O2. The predicted molar refractivity (Wildman–Crippen MR) is 76.3 cm³/mol. The number of hydrogen-bond acceptors (Lipinski definition) is 4. The van der Waals surface area contributed by atoms with Crippen molar-refractivity contribution in [3.8, 4) is 11.5 Å². The summed E-state index contributed by atoms with van der Waals surface area (Å²) in [4.78, 5) is 2.39. The fraction of sp³-hybridized carbons (Fsp3) is 0.600. The van der Waals surface area contributed by atoms with E-state index in [0.717, 1.165) is 31.6 Å². The van der Waals surface area contributed by atoms with Gasteiger partial charge in [-0.15, -0.1) is 0 Å². The molecule has 1 aliphatic heterocycles. The van der Waals surface area contributed by atoms with Gasteiger partial charge in [0, 0.05) is 25.7 Å². The summed E-state index contributed by atoms with van der Waals surface area (Å²) >= 11 is 0. The maximum Gasteiger partial charge on any atom is 0.160 e. The van der Waals surface area contributed by atoms with Crippen molar-refractivity contribution in [1.82, 2.24) is 4.90 Å². The van der Waals surface area contributed by atoms with Gasteiger partial charge in [-0.2, -0.15) is 0 Å². The molecule has 0 spiro atoms. The fourth-order valence-corrected chi connectivity index (χ4v) is 2.71. The van der Waals surface area contributed by atoms with Gasteiger partial charge in [0.25, 0.3) is 0 Å². The van der Waals surface area contributed by atoms with Crippen LogP contribution in [-0.2, 0) is 6.54 Å². The van der Waals surface area contributed by atoms with E-state index >= 15 is 0 Å². The second-order valence-electron chi connectivity index (χ2n) is 6.10. The Hall–Kier alpha value is -1.26. The summed E-state index contributed by atoms with van der Waals surface area (Å²) in [5, 5.41) is 9.80. The van der Waals surface area contributed by atoms with Crippen molar-refractivity contribution in [3.05, 3.63) is 23.8 Å². The average Bonchev–Trinajstić information content (AvgIpc) is 2.34. The minimum atomic E-state index is 0.146. The third-order valence-electron chi connectivity index (χ3n) is 4.04. The van der Waals surface area contributed by atoms with E-state index in [-0.39, 0.29) is 17.2 Å². The van der Waals surface area contributed by atoms with Gasteiger partial charge in [-0.25, -0.2) is 0 Å². The van der Waals surface area contributed by atoms with Crippen molar-refractivity contribution in [1.29, 1.82) is 0 Å². The Kier molecular flexibility index (Phi) is 4.02. The van der Waals surface area contributed by atoms with Crippen LogP contribution in [0.5, 0.6) is 11.5 Å². The number of phenols is 1. The lowest BCUT2D eigenvalue weighted by molar-refractivity contribution is 0.0898. The maximum absolute atomic E-state index is 9.80. The summed E-state index contributed by atoms with van der Waals surface area (Å²) < 4.78 is 5.06. The van der Waals surface area contributed by atoms with Crippen LogP contribution < -0.4 is 10.5 Å². The summed E-state index contributed by atoms with van der Waals surface area (Å²) in [6.45, 7) is 7.27. The van der Waals surface area contributed by atoms with Crippen LogP contribution in [0.1, 0.15) is 25.8 Å². The summed E-state index contributed by atoms with van der Waals surface area (Å²) in [6.07, 6.45) is 1.02. The van der Waals surface area contributed by atoms with Crippen molar-refractivity contribution < 1.29 is 9.84 Å². The van der Waals surface area contributed by atoms with E-state index in [1.54, 1.807) is 13.2 Å². The highest BCUT2D eigenvalue weighted by Gasteiger charge is 2.33. The molecule has 4 nitrogen and oxygen atoms in total. The van der Waals surface area contributed by atoms with Crippen LogP contribution in [0.4, 0.5) is 0 Å². The molecule has 0 bridgehead atoms. The van der Waals surface area contributed by atoms with E-state index in [4.69, 9.17) is 10.5 Å². The third-order valence-corrected chi connectivity index (χ3v) is 4.04. The number of aromatic hydroxyl groups is 1. The quantitative estimate of drug-likeness (QED) is 0.876. The van der Waals surface area contributed by atoms with E-state index in [2.05, 4.69) is 18.7 Å². The summed E-state index contributed by atoms with van der Waals surface area (Å²) in [5.41, 5.74) is 7.39. The molecule has 4 heteroatoms. The number of methoxy groups -OCH3 is 1. The molecule has 0 aliphatic carbocycles. The van der Waals surface area contributed by atoms with Gasteiger partial charge < -0.3 is 15.6 Å². The van der Waals surface area contributed by atoms with Crippen molar-refractivity contribution in [3.63, 3.8) is 0 Å². The monoisotopic (exact) mass is 264 g/mol. The van der Waals surface area contributed by atoms with Crippen LogP contribution >= 0.6 is 0 Å². The number of likely N-dealkylation sites (tertiary alicyclic amines) is 1. The lowest BCUT2D eigenvalue weighted by atomic mass is 9.79. The van der Waals surface area contributed by atoms with Crippen LogP contribution in [0.3, 0.4) is 0 Å². The molecule has 1 heterocycles. The smallest absolute Gasteiger partial charge is 0.160 e. The highest BCUT2D eigenvalue weighted by molar-refractivity contribution is 5.41. The van der Waals surface area contributed by atoms with Gasteiger partial charge in [-0.05, 0) is 29.5 Å². The normalized spacial score (nSPS) is 23.3. The molecule has 3 N–H and O–H groups in total. The predicted octanol–water partition coefficient (Wildman–Crippen LogP) is 1.96. The highest BCUT2D eigenvalue weighted by Crippen LogP contribution is 2.30. The van der Waals surface area contributed by atoms with E-state index in [9.17, 15) is 5.11 Å². The van der Waals surface area contributed by atoms with Crippen LogP contribution in [0.2, 0.25) is 0 Å². The Morgan fingerprint density at radius 3 is 2.79 bits per heavy atom. The first-order chi connectivity index (χ1) is 8.92. The van der Waals surface area contributed by atoms with Crippen LogP contribution in [0.15, 0.2) is 18.2 Å². The van der Waals surface area contributed by atoms with E-state index < -0.39 is 0 Å². The zero-order valence-electron chi connectivity index (χ0n) is 12.0. The number of nitrogens with two attached hydrogens (primary N) is 1. The fourth-order valence-electron chi connectivity index (χ4n) is 2.71. The molecule has 1 aromatic rings. The van der Waals surface area contributed by atoms with Gasteiger partial charge in [0.15, 0.2) is 11.5 Å². The molecule has 1 atom stereocenters. The molecule has 0 saturated carbocycles. The molecular weight excluding hydrogens is 240 g/mol. The molecule has 19 heavy (non-hydrogen) atoms. The Bertz CT molecular complexity index is 446. The molecule has 1 aromatic carbocycles. The van der Waals surface area contributed by atoms with Gasteiger partial charge in [0.1, 0.15) is 0 Å². The highest BCUT2D eigenvalue weighted by atomic mass is 16.5. The van der Waals surface area contributed by atoms with Crippen molar-refractivity contribution in [2.24, 2.45) is 11.1 Å².